The van der Waals surface area contributed by atoms with Crippen molar-refractivity contribution in [3.8, 4) is 22.7 Å². The van der Waals surface area contributed by atoms with E-state index in [9.17, 15) is 9.59 Å². The van der Waals surface area contributed by atoms with Crippen LogP contribution < -0.4 is 10.1 Å². The fourth-order valence-electron chi connectivity index (χ4n) is 3.33. The molecule has 0 bridgehead atoms. The van der Waals surface area contributed by atoms with Gasteiger partial charge in [0, 0.05) is 34.4 Å². The molecule has 0 saturated heterocycles. The molecule has 3 rings (SSSR count). The molecule has 2 aromatic carbocycles. The minimum absolute atomic E-state index is 0.0551. The molecule has 0 spiro atoms. The van der Waals surface area contributed by atoms with Gasteiger partial charge in [0.15, 0.2) is 0 Å². The van der Waals surface area contributed by atoms with Crippen LogP contribution in [0.25, 0.3) is 16.9 Å². The molecule has 0 aliphatic rings. The van der Waals surface area contributed by atoms with E-state index in [0.717, 1.165) is 17.0 Å². The molecule has 1 N–H and O–H groups in total. The van der Waals surface area contributed by atoms with E-state index < -0.39 is 0 Å². The zero-order chi connectivity index (χ0) is 24.1. The van der Waals surface area contributed by atoms with Crippen LogP contribution in [0, 0.1) is 5.92 Å². The minimum atomic E-state index is -0.319. The quantitative estimate of drug-likeness (QED) is 0.503. The first-order valence-electron chi connectivity index (χ1n) is 10.8. The van der Waals surface area contributed by atoms with Crippen LogP contribution in [0.2, 0.25) is 5.02 Å². The molecule has 0 fully saturated rings. The third-order valence-electron chi connectivity index (χ3n) is 5.16. The predicted molar refractivity (Wildman–Crippen MR) is 131 cm³/mol. The molecular formula is C25H29ClN4O3. The van der Waals surface area contributed by atoms with Gasteiger partial charge in [0.25, 0.3) is 0 Å². The van der Waals surface area contributed by atoms with Crippen molar-refractivity contribution in [2.75, 3.05) is 19.0 Å². The van der Waals surface area contributed by atoms with Crippen LogP contribution in [0.5, 0.6) is 5.75 Å². The number of amides is 2. The van der Waals surface area contributed by atoms with Crippen molar-refractivity contribution >= 4 is 29.4 Å². The Balaban J connectivity index is 1.93. The molecule has 0 aliphatic carbocycles. The van der Waals surface area contributed by atoms with Crippen molar-refractivity contribution in [3.63, 3.8) is 0 Å². The molecule has 7 nitrogen and oxygen atoms in total. The molecule has 0 radical (unpaired) electrons. The molecular weight excluding hydrogens is 440 g/mol. The van der Waals surface area contributed by atoms with E-state index in [2.05, 4.69) is 10.3 Å². The van der Waals surface area contributed by atoms with Gasteiger partial charge in [0.1, 0.15) is 12.3 Å². The number of aromatic nitrogens is 2. The third kappa shape index (κ3) is 5.93. The highest BCUT2D eigenvalue weighted by molar-refractivity contribution is 6.30. The Kier molecular flexibility index (Phi) is 7.76. The number of hydrogen-bond donors (Lipinski definition) is 1. The normalized spacial score (nSPS) is 11.0. The number of hydrogen-bond acceptors (Lipinski definition) is 4. The number of carbonyl (C=O) groups excluding carboxylic acids is 2. The summed E-state index contributed by atoms with van der Waals surface area (Å²) in [5.41, 5.74) is 2.34. The van der Waals surface area contributed by atoms with E-state index in [0.29, 0.717) is 16.7 Å². The summed E-state index contributed by atoms with van der Waals surface area (Å²) in [6.07, 6.45) is 1.85. The fraction of sp³-hybridized carbons (Fsp3) is 0.320. The summed E-state index contributed by atoms with van der Waals surface area (Å²) in [6, 6.07) is 14.7. The molecule has 33 heavy (non-hydrogen) atoms. The fourth-order valence-corrected chi connectivity index (χ4v) is 3.46. The van der Waals surface area contributed by atoms with Gasteiger partial charge in [-0.1, -0.05) is 37.6 Å². The SMILES string of the molecule is COc1ccc(-n2cc(-c3ccc(Cl)cc3)nc2NC(=O)CN(C(=O)C(C)C)C(C)C)cc1. The van der Waals surface area contributed by atoms with Crippen molar-refractivity contribution in [2.24, 2.45) is 5.92 Å². The summed E-state index contributed by atoms with van der Waals surface area (Å²) in [4.78, 5) is 31.7. The first kappa shape index (κ1) is 24.3. The van der Waals surface area contributed by atoms with E-state index in [1.54, 1.807) is 28.7 Å². The van der Waals surface area contributed by atoms with E-state index in [-0.39, 0.29) is 30.3 Å². The van der Waals surface area contributed by atoms with Gasteiger partial charge in [-0.05, 0) is 50.2 Å². The van der Waals surface area contributed by atoms with Crippen LogP contribution >= 0.6 is 11.6 Å². The molecule has 0 saturated carbocycles. The number of ether oxygens (including phenoxy) is 1. The second-order valence-electron chi connectivity index (χ2n) is 8.29. The molecule has 0 atom stereocenters. The second-order valence-corrected chi connectivity index (χ2v) is 8.72. The van der Waals surface area contributed by atoms with Gasteiger partial charge < -0.3 is 9.64 Å². The van der Waals surface area contributed by atoms with Gasteiger partial charge in [-0.3, -0.25) is 19.5 Å². The number of nitrogens with one attached hydrogen (secondary N) is 1. The predicted octanol–water partition coefficient (Wildman–Crippen LogP) is 5.03. The number of methoxy groups -OCH3 is 1. The number of halogens is 1. The zero-order valence-corrected chi connectivity index (χ0v) is 20.3. The van der Waals surface area contributed by atoms with Crippen LogP contribution in [0.1, 0.15) is 27.7 Å². The Morgan fingerprint density at radius 3 is 2.24 bits per heavy atom. The number of nitrogens with zero attached hydrogens (tertiary/aromatic N) is 3. The van der Waals surface area contributed by atoms with E-state index in [1.165, 1.54) is 0 Å². The first-order valence-corrected chi connectivity index (χ1v) is 11.2. The zero-order valence-electron chi connectivity index (χ0n) is 19.5. The highest BCUT2D eigenvalue weighted by Crippen LogP contribution is 2.26. The minimum Gasteiger partial charge on any atom is -0.497 e. The number of imidazole rings is 1. The van der Waals surface area contributed by atoms with Crippen LogP contribution in [-0.4, -0.2) is 46.0 Å². The monoisotopic (exact) mass is 468 g/mol. The Labute approximate surface area is 199 Å². The Morgan fingerprint density at radius 2 is 1.70 bits per heavy atom. The van der Waals surface area contributed by atoms with Gasteiger partial charge in [-0.2, -0.15) is 0 Å². The van der Waals surface area contributed by atoms with Crippen molar-refractivity contribution < 1.29 is 14.3 Å². The van der Waals surface area contributed by atoms with Crippen LogP contribution in [0.3, 0.4) is 0 Å². The maximum Gasteiger partial charge on any atom is 0.246 e. The molecule has 0 unspecified atom stereocenters. The summed E-state index contributed by atoms with van der Waals surface area (Å²) in [7, 11) is 1.61. The summed E-state index contributed by atoms with van der Waals surface area (Å²) < 4.78 is 7.05. The van der Waals surface area contributed by atoms with Crippen molar-refractivity contribution in [3.05, 3.63) is 59.8 Å². The van der Waals surface area contributed by atoms with E-state index >= 15 is 0 Å². The largest absolute Gasteiger partial charge is 0.497 e. The third-order valence-corrected chi connectivity index (χ3v) is 5.41. The number of carbonyl (C=O) groups is 2. The Bertz CT molecular complexity index is 1110. The summed E-state index contributed by atoms with van der Waals surface area (Å²) >= 11 is 6.02. The lowest BCUT2D eigenvalue weighted by Gasteiger charge is -2.27. The highest BCUT2D eigenvalue weighted by Gasteiger charge is 2.23. The summed E-state index contributed by atoms with van der Waals surface area (Å²) in [5.74, 6) is 0.497. The second kappa shape index (κ2) is 10.5. The van der Waals surface area contributed by atoms with E-state index in [1.807, 2.05) is 70.3 Å². The smallest absolute Gasteiger partial charge is 0.246 e. The molecule has 1 aromatic heterocycles. The average Bonchev–Trinajstić information content (AvgIpc) is 3.20. The Hall–Kier alpha value is -3.32. The molecule has 2 amide bonds. The lowest BCUT2D eigenvalue weighted by molar-refractivity contribution is -0.139. The van der Waals surface area contributed by atoms with Gasteiger partial charge >= 0.3 is 0 Å². The molecule has 1 heterocycles. The number of anilines is 1. The van der Waals surface area contributed by atoms with Gasteiger partial charge in [0.05, 0.1) is 12.8 Å². The first-order chi connectivity index (χ1) is 15.7. The molecule has 0 aliphatic heterocycles. The molecule has 3 aromatic rings. The van der Waals surface area contributed by atoms with Crippen LogP contribution in [0.15, 0.2) is 54.7 Å². The van der Waals surface area contributed by atoms with Crippen LogP contribution in [-0.2, 0) is 9.59 Å². The van der Waals surface area contributed by atoms with Crippen molar-refractivity contribution in [2.45, 2.75) is 33.7 Å². The van der Waals surface area contributed by atoms with Gasteiger partial charge in [-0.15, -0.1) is 0 Å². The van der Waals surface area contributed by atoms with Gasteiger partial charge in [0.2, 0.25) is 17.8 Å². The van der Waals surface area contributed by atoms with Crippen LogP contribution in [0.4, 0.5) is 5.95 Å². The lowest BCUT2D eigenvalue weighted by atomic mass is 10.1. The van der Waals surface area contributed by atoms with E-state index in [4.69, 9.17) is 16.3 Å². The van der Waals surface area contributed by atoms with Gasteiger partial charge in [-0.25, -0.2) is 4.98 Å². The summed E-state index contributed by atoms with van der Waals surface area (Å²) in [5, 5.41) is 3.51. The number of rotatable bonds is 8. The summed E-state index contributed by atoms with van der Waals surface area (Å²) in [6.45, 7) is 7.38. The highest BCUT2D eigenvalue weighted by atomic mass is 35.5. The Morgan fingerprint density at radius 1 is 1.06 bits per heavy atom. The average molecular weight is 469 g/mol. The molecule has 8 heteroatoms. The number of benzene rings is 2. The standard InChI is InChI=1S/C25H29ClN4O3/c1-16(2)24(32)29(17(3)4)15-23(31)28-25-27-22(18-6-8-19(26)9-7-18)14-30(25)20-10-12-21(33-5)13-11-20/h6-14,16-17H,15H2,1-5H3,(H,27,28,31). The maximum atomic E-state index is 12.9. The van der Waals surface area contributed by atoms with Crippen molar-refractivity contribution in [1.29, 1.82) is 0 Å². The maximum absolute atomic E-state index is 12.9. The molecule has 174 valence electrons. The topological polar surface area (TPSA) is 76.5 Å². The lowest BCUT2D eigenvalue weighted by Crippen LogP contribution is -2.44. The van der Waals surface area contributed by atoms with Crippen molar-refractivity contribution in [1.82, 2.24) is 14.5 Å².